The minimum absolute atomic E-state index is 0.141. The van der Waals surface area contributed by atoms with Crippen molar-refractivity contribution in [3.63, 3.8) is 0 Å². The number of rotatable bonds is 6. The van der Waals surface area contributed by atoms with E-state index in [2.05, 4.69) is 24.4 Å². The first kappa shape index (κ1) is 19.7. The maximum atomic E-state index is 13.0. The summed E-state index contributed by atoms with van der Waals surface area (Å²) >= 11 is 0. The maximum absolute atomic E-state index is 13.0. The standard InChI is InChI=1S/C25H27NO2/c1-17-12-10-16-23(19(17)3)28-20(4)25(27)26-24(21-13-6-5-7-14-21)22-15-9-8-11-18(22)2/h5-16,20,24H,1-4H3,(H,26,27)/t20-,24+/m0/s1. The zero-order valence-electron chi connectivity index (χ0n) is 16.9. The van der Waals surface area contributed by atoms with Crippen LogP contribution in [-0.4, -0.2) is 12.0 Å². The van der Waals surface area contributed by atoms with Crippen LogP contribution in [0.25, 0.3) is 0 Å². The molecule has 0 radical (unpaired) electrons. The van der Waals surface area contributed by atoms with Crippen molar-refractivity contribution in [1.29, 1.82) is 0 Å². The van der Waals surface area contributed by atoms with Gasteiger partial charge in [-0.1, -0.05) is 66.7 Å². The van der Waals surface area contributed by atoms with Crippen molar-refractivity contribution < 1.29 is 9.53 Å². The molecule has 3 rings (SSSR count). The molecule has 0 spiro atoms. The predicted molar refractivity (Wildman–Crippen MR) is 114 cm³/mol. The molecule has 3 aromatic rings. The van der Waals surface area contributed by atoms with Crippen LogP contribution in [0.4, 0.5) is 0 Å². The maximum Gasteiger partial charge on any atom is 0.261 e. The second-order valence-corrected chi connectivity index (χ2v) is 7.17. The van der Waals surface area contributed by atoms with Crippen LogP contribution in [0, 0.1) is 20.8 Å². The third kappa shape index (κ3) is 4.42. The van der Waals surface area contributed by atoms with Gasteiger partial charge in [-0.25, -0.2) is 0 Å². The fraction of sp³-hybridized carbons (Fsp3) is 0.240. The Morgan fingerprint density at radius 3 is 2.18 bits per heavy atom. The van der Waals surface area contributed by atoms with Crippen molar-refractivity contribution in [2.24, 2.45) is 0 Å². The topological polar surface area (TPSA) is 38.3 Å². The summed E-state index contributed by atoms with van der Waals surface area (Å²) in [5.74, 6) is 0.604. The molecule has 0 aromatic heterocycles. The minimum Gasteiger partial charge on any atom is -0.481 e. The third-order valence-corrected chi connectivity index (χ3v) is 5.15. The first-order valence-electron chi connectivity index (χ1n) is 9.61. The summed E-state index contributed by atoms with van der Waals surface area (Å²) in [5, 5.41) is 3.18. The number of nitrogens with one attached hydrogen (secondary N) is 1. The average Bonchev–Trinajstić information content (AvgIpc) is 2.70. The molecule has 0 unspecified atom stereocenters. The number of amides is 1. The molecule has 3 aromatic carbocycles. The summed E-state index contributed by atoms with van der Waals surface area (Å²) < 4.78 is 5.98. The van der Waals surface area contributed by atoms with Gasteiger partial charge in [-0.2, -0.15) is 0 Å². The van der Waals surface area contributed by atoms with Gasteiger partial charge in [-0.3, -0.25) is 4.79 Å². The van der Waals surface area contributed by atoms with Gasteiger partial charge in [0.2, 0.25) is 0 Å². The lowest BCUT2D eigenvalue weighted by atomic mass is 9.95. The molecule has 3 heteroatoms. The molecule has 1 N–H and O–H groups in total. The van der Waals surface area contributed by atoms with Gasteiger partial charge in [0.15, 0.2) is 6.10 Å². The second-order valence-electron chi connectivity index (χ2n) is 7.17. The molecule has 28 heavy (non-hydrogen) atoms. The first-order chi connectivity index (χ1) is 13.5. The highest BCUT2D eigenvalue weighted by Crippen LogP contribution is 2.26. The monoisotopic (exact) mass is 373 g/mol. The van der Waals surface area contributed by atoms with E-state index in [-0.39, 0.29) is 11.9 Å². The molecule has 2 atom stereocenters. The Morgan fingerprint density at radius 1 is 0.821 bits per heavy atom. The largest absolute Gasteiger partial charge is 0.481 e. The lowest BCUT2D eigenvalue weighted by Crippen LogP contribution is -2.39. The van der Waals surface area contributed by atoms with E-state index in [9.17, 15) is 4.79 Å². The van der Waals surface area contributed by atoms with Crippen LogP contribution in [0.15, 0.2) is 72.8 Å². The van der Waals surface area contributed by atoms with Crippen LogP contribution >= 0.6 is 0 Å². The van der Waals surface area contributed by atoms with Crippen LogP contribution in [0.1, 0.15) is 40.8 Å². The Labute approximate surface area is 167 Å². The van der Waals surface area contributed by atoms with Gasteiger partial charge in [0.25, 0.3) is 5.91 Å². The van der Waals surface area contributed by atoms with Gasteiger partial charge >= 0.3 is 0 Å². The molecule has 0 aliphatic heterocycles. The Balaban J connectivity index is 1.83. The smallest absolute Gasteiger partial charge is 0.261 e. The van der Waals surface area contributed by atoms with Crippen molar-refractivity contribution in [1.82, 2.24) is 5.32 Å². The minimum atomic E-state index is -0.601. The number of carbonyl (C=O) groups is 1. The SMILES string of the molecule is Cc1ccccc1[C@H](NC(=O)[C@H](C)Oc1cccc(C)c1C)c1ccccc1. The summed E-state index contributed by atoms with van der Waals surface area (Å²) in [6.45, 7) is 7.90. The third-order valence-electron chi connectivity index (χ3n) is 5.15. The van der Waals surface area contributed by atoms with E-state index in [0.717, 1.165) is 33.6 Å². The van der Waals surface area contributed by atoms with Crippen LogP contribution in [-0.2, 0) is 4.79 Å². The molecule has 3 nitrogen and oxygen atoms in total. The molecular formula is C25H27NO2. The van der Waals surface area contributed by atoms with Crippen molar-refractivity contribution in [2.45, 2.75) is 39.8 Å². The fourth-order valence-corrected chi connectivity index (χ4v) is 3.25. The predicted octanol–water partition coefficient (Wildman–Crippen LogP) is 5.28. The number of aryl methyl sites for hydroxylation is 2. The lowest BCUT2D eigenvalue weighted by Gasteiger charge is -2.24. The molecule has 144 valence electrons. The summed E-state index contributed by atoms with van der Waals surface area (Å²) in [7, 11) is 0. The molecule has 0 fully saturated rings. The van der Waals surface area contributed by atoms with Gasteiger partial charge in [0.1, 0.15) is 5.75 Å². The highest BCUT2D eigenvalue weighted by atomic mass is 16.5. The highest BCUT2D eigenvalue weighted by molar-refractivity contribution is 5.81. The van der Waals surface area contributed by atoms with Gasteiger partial charge in [-0.15, -0.1) is 0 Å². The molecule has 1 amide bonds. The van der Waals surface area contributed by atoms with E-state index >= 15 is 0 Å². The van der Waals surface area contributed by atoms with Crippen molar-refractivity contribution in [3.8, 4) is 5.75 Å². The fourth-order valence-electron chi connectivity index (χ4n) is 3.25. The Hall–Kier alpha value is -3.07. The Kier molecular flexibility index (Phi) is 6.15. The van der Waals surface area contributed by atoms with E-state index in [0.29, 0.717) is 0 Å². The molecule has 0 saturated heterocycles. The summed E-state index contributed by atoms with van der Waals surface area (Å²) in [5.41, 5.74) is 5.47. The number of ether oxygens (including phenoxy) is 1. The second kappa shape index (κ2) is 8.75. The van der Waals surface area contributed by atoms with E-state index in [1.165, 1.54) is 0 Å². The zero-order valence-corrected chi connectivity index (χ0v) is 16.9. The quantitative estimate of drug-likeness (QED) is 0.638. The number of benzene rings is 3. The van der Waals surface area contributed by atoms with Gasteiger partial charge in [0, 0.05) is 0 Å². The van der Waals surface area contributed by atoms with E-state index in [1.54, 1.807) is 6.92 Å². The summed E-state index contributed by atoms with van der Waals surface area (Å²) in [6, 6.07) is 23.8. The number of carbonyl (C=O) groups excluding carboxylic acids is 1. The van der Waals surface area contributed by atoms with Crippen molar-refractivity contribution in [3.05, 3.63) is 101 Å². The normalized spacial score (nSPS) is 12.9. The average molecular weight is 373 g/mol. The zero-order chi connectivity index (χ0) is 20.1. The molecule has 0 aliphatic carbocycles. The molecule has 0 saturated carbocycles. The lowest BCUT2D eigenvalue weighted by molar-refractivity contribution is -0.127. The molecule has 0 heterocycles. The van der Waals surface area contributed by atoms with Crippen LogP contribution in [0.5, 0.6) is 5.75 Å². The number of hydrogen-bond acceptors (Lipinski definition) is 2. The van der Waals surface area contributed by atoms with E-state index < -0.39 is 6.10 Å². The van der Waals surface area contributed by atoms with Crippen molar-refractivity contribution >= 4 is 5.91 Å². The molecular weight excluding hydrogens is 346 g/mol. The van der Waals surface area contributed by atoms with Crippen LogP contribution in [0.3, 0.4) is 0 Å². The van der Waals surface area contributed by atoms with E-state index in [1.807, 2.05) is 74.5 Å². The first-order valence-corrected chi connectivity index (χ1v) is 9.61. The van der Waals surface area contributed by atoms with Crippen LogP contribution in [0.2, 0.25) is 0 Å². The molecule has 0 aliphatic rings. The van der Waals surface area contributed by atoms with E-state index in [4.69, 9.17) is 4.74 Å². The highest BCUT2D eigenvalue weighted by Gasteiger charge is 2.23. The van der Waals surface area contributed by atoms with Crippen molar-refractivity contribution in [2.75, 3.05) is 0 Å². The van der Waals surface area contributed by atoms with Gasteiger partial charge in [-0.05, 0) is 61.6 Å². The summed E-state index contributed by atoms with van der Waals surface area (Å²) in [4.78, 5) is 13.0. The summed E-state index contributed by atoms with van der Waals surface area (Å²) in [6.07, 6.45) is -0.601. The number of hydrogen-bond donors (Lipinski definition) is 1. The van der Waals surface area contributed by atoms with Gasteiger partial charge in [0.05, 0.1) is 6.04 Å². The van der Waals surface area contributed by atoms with Gasteiger partial charge < -0.3 is 10.1 Å². The van der Waals surface area contributed by atoms with Crippen LogP contribution < -0.4 is 10.1 Å². The molecule has 0 bridgehead atoms. The Morgan fingerprint density at radius 2 is 1.46 bits per heavy atom. The Bertz CT molecular complexity index is 950.